The van der Waals surface area contributed by atoms with Crippen molar-refractivity contribution in [1.29, 1.82) is 0 Å². The largest absolute Gasteiger partial charge is 0.493 e. The van der Waals surface area contributed by atoms with Gasteiger partial charge in [0.05, 0.1) is 13.2 Å². The Labute approximate surface area is 95.2 Å². The molecule has 0 aliphatic carbocycles. The first-order valence-electron chi connectivity index (χ1n) is 5.37. The fraction of sp³-hybridized carbons (Fsp3) is 0.385. The van der Waals surface area contributed by atoms with Gasteiger partial charge in [-0.05, 0) is 38.5 Å². The van der Waals surface area contributed by atoms with Crippen molar-refractivity contribution in [3.05, 3.63) is 29.0 Å². The van der Waals surface area contributed by atoms with Gasteiger partial charge in [0.2, 0.25) is 0 Å². The topological polar surface area (TPSA) is 48.4 Å². The Morgan fingerprint density at radius 2 is 2.00 bits per heavy atom. The van der Waals surface area contributed by atoms with Gasteiger partial charge in [0.25, 0.3) is 0 Å². The summed E-state index contributed by atoms with van der Waals surface area (Å²) < 4.78 is 11.1. The van der Waals surface area contributed by atoms with Crippen LogP contribution in [0.25, 0.3) is 11.0 Å². The molecule has 2 N–H and O–H groups in total. The number of rotatable bonds is 2. The number of ether oxygens (including phenoxy) is 1. The van der Waals surface area contributed by atoms with Gasteiger partial charge in [0.15, 0.2) is 11.3 Å². The van der Waals surface area contributed by atoms with Crippen LogP contribution in [0.3, 0.4) is 0 Å². The van der Waals surface area contributed by atoms with Crippen molar-refractivity contribution in [3.8, 4) is 5.75 Å². The highest BCUT2D eigenvalue weighted by atomic mass is 16.5. The first-order chi connectivity index (χ1) is 7.54. The molecule has 1 atom stereocenters. The number of furan rings is 1. The molecule has 86 valence electrons. The normalized spacial score (nSPS) is 13.1. The third-order valence-corrected chi connectivity index (χ3v) is 2.82. The standard InChI is InChI=1S/C13H17NO2/c1-7-5-10-8(2)12(9(3)14)16-13(10)11(6-7)15-4/h5-6,9H,14H2,1-4H3. The lowest BCUT2D eigenvalue weighted by atomic mass is 10.1. The van der Waals surface area contributed by atoms with Crippen LogP contribution in [0.1, 0.15) is 29.9 Å². The van der Waals surface area contributed by atoms with Gasteiger partial charge in [-0.25, -0.2) is 0 Å². The van der Waals surface area contributed by atoms with Crippen LogP contribution in [-0.4, -0.2) is 7.11 Å². The molecule has 0 saturated heterocycles. The van der Waals surface area contributed by atoms with Crippen molar-refractivity contribution in [2.75, 3.05) is 7.11 Å². The van der Waals surface area contributed by atoms with Crippen LogP contribution in [0.2, 0.25) is 0 Å². The van der Waals surface area contributed by atoms with E-state index >= 15 is 0 Å². The highest BCUT2D eigenvalue weighted by molar-refractivity contribution is 5.88. The maximum Gasteiger partial charge on any atom is 0.176 e. The van der Waals surface area contributed by atoms with Crippen LogP contribution in [0.4, 0.5) is 0 Å². The maximum atomic E-state index is 5.87. The second-order valence-electron chi connectivity index (χ2n) is 4.22. The molecule has 16 heavy (non-hydrogen) atoms. The fourth-order valence-electron chi connectivity index (χ4n) is 2.03. The third kappa shape index (κ3) is 1.57. The Kier molecular flexibility index (Phi) is 2.64. The molecule has 3 nitrogen and oxygen atoms in total. The minimum Gasteiger partial charge on any atom is -0.493 e. The molecule has 0 amide bonds. The third-order valence-electron chi connectivity index (χ3n) is 2.82. The maximum absolute atomic E-state index is 5.87. The van der Waals surface area contributed by atoms with Crippen molar-refractivity contribution in [2.24, 2.45) is 5.73 Å². The molecule has 0 aliphatic heterocycles. The Morgan fingerprint density at radius 3 is 2.56 bits per heavy atom. The molecule has 2 rings (SSSR count). The average Bonchev–Trinajstić information content (AvgIpc) is 2.55. The van der Waals surface area contributed by atoms with Crippen molar-refractivity contribution >= 4 is 11.0 Å². The zero-order chi connectivity index (χ0) is 11.9. The smallest absolute Gasteiger partial charge is 0.176 e. The predicted octanol–water partition coefficient (Wildman–Crippen LogP) is 3.08. The lowest BCUT2D eigenvalue weighted by Gasteiger charge is -2.02. The molecule has 1 unspecified atom stereocenters. The predicted molar refractivity (Wildman–Crippen MR) is 64.8 cm³/mol. The van der Waals surface area contributed by atoms with Crippen LogP contribution >= 0.6 is 0 Å². The van der Waals surface area contributed by atoms with E-state index < -0.39 is 0 Å². The van der Waals surface area contributed by atoms with Crippen LogP contribution in [0, 0.1) is 13.8 Å². The summed E-state index contributed by atoms with van der Waals surface area (Å²) in [5.41, 5.74) is 8.92. The number of methoxy groups -OCH3 is 1. The van der Waals surface area contributed by atoms with Crippen molar-refractivity contribution in [3.63, 3.8) is 0 Å². The zero-order valence-electron chi connectivity index (χ0n) is 10.1. The summed E-state index contributed by atoms with van der Waals surface area (Å²) in [5, 5.41) is 1.09. The van der Waals surface area contributed by atoms with Crippen molar-refractivity contribution in [2.45, 2.75) is 26.8 Å². The quantitative estimate of drug-likeness (QED) is 0.844. The Balaban J connectivity index is 2.80. The van der Waals surface area contributed by atoms with E-state index in [1.54, 1.807) is 7.11 Å². The van der Waals surface area contributed by atoms with Crippen molar-refractivity contribution in [1.82, 2.24) is 0 Å². The number of aryl methyl sites for hydroxylation is 2. The molecule has 3 heteroatoms. The van der Waals surface area contributed by atoms with Gasteiger partial charge in [-0.2, -0.15) is 0 Å². The van der Waals surface area contributed by atoms with Gasteiger partial charge in [0.1, 0.15) is 5.76 Å². The SMILES string of the molecule is COc1cc(C)cc2c(C)c(C(C)N)oc12. The number of hydrogen-bond donors (Lipinski definition) is 1. The summed E-state index contributed by atoms with van der Waals surface area (Å²) in [6.45, 7) is 5.99. The molecule has 0 bridgehead atoms. The Bertz CT molecular complexity index is 526. The first-order valence-corrected chi connectivity index (χ1v) is 5.37. The minimum atomic E-state index is -0.0996. The van der Waals surface area contributed by atoms with E-state index in [2.05, 4.69) is 6.07 Å². The highest BCUT2D eigenvalue weighted by Crippen LogP contribution is 2.35. The summed E-state index contributed by atoms with van der Waals surface area (Å²) in [5.74, 6) is 1.60. The Morgan fingerprint density at radius 1 is 1.31 bits per heavy atom. The monoisotopic (exact) mass is 219 g/mol. The lowest BCUT2D eigenvalue weighted by molar-refractivity contribution is 0.405. The molecule has 2 aromatic rings. The van der Waals surface area contributed by atoms with Gasteiger partial charge in [0, 0.05) is 10.9 Å². The second-order valence-corrected chi connectivity index (χ2v) is 4.22. The fourth-order valence-corrected chi connectivity index (χ4v) is 2.03. The number of hydrogen-bond acceptors (Lipinski definition) is 3. The van der Waals surface area contributed by atoms with Gasteiger partial charge < -0.3 is 14.9 Å². The van der Waals surface area contributed by atoms with Gasteiger partial charge in [-0.15, -0.1) is 0 Å². The van der Waals surface area contributed by atoms with Crippen LogP contribution in [-0.2, 0) is 0 Å². The van der Waals surface area contributed by atoms with Crippen molar-refractivity contribution < 1.29 is 9.15 Å². The molecule has 0 aliphatic rings. The van der Waals surface area contributed by atoms with Crippen LogP contribution < -0.4 is 10.5 Å². The van der Waals surface area contributed by atoms with Gasteiger partial charge in [-0.3, -0.25) is 0 Å². The Hall–Kier alpha value is -1.48. The molecule has 0 fully saturated rings. The minimum absolute atomic E-state index is 0.0996. The highest BCUT2D eigenvalue weighted by Gasteiger charge is 2.16. The summed E-state index contributed by atoms with van der Waals surface area (Å²) in [7, 11) is 1.65. The van der Waals surface area contributed by atoms with E-state index in [0.29, 0.717) is 0 Å². The van der Waals surface area contributed by atoms with Gasteiger partial charge in [-0.1, -0.05) is 0 Å². The van der Waals surface area contributed by atoms with E-state index in [0.717, 1.165) is 33.6 Å². The van der Waals surface area contributed by atoms with E-state index in [-0.39, 0.29) is 6.04 Å². The summed E-state index contributed by atoms with van der Waals surface area (Å²) in [6, 6.07) is 3.97. The lowest BCUT2D eigenvalue weighted by Crippen LogP contribution is -2.04. The van der Waals surface area contributed by atoms with Crippen LogP contribution in [0.5, 0.6) is 5.75 Å². The molecule has 0 saturated carbocycles. The summed E-state index contributed by atoms with van der Waals surface area (Å²) >= 11 is 0. The summed E-state index contributed by atoms with van der Waals surface area (Å²) in [6.07, 6.45) is 0. The molecule has 0 radical (unpaired) electrons. The van der Waals surface area contributed by atoms with Gasteiger partial charge >= 0.3 is 0 Å². The van der Waals surface area contributed by atoms with E-state index in [4.69, 9.17) is 14.9 Å². The van der Waals surface area contributed by atoms with Crippen LogP contribution in [0.15, 0.2) is 16.5 Å². The molecular weight excluding hydrogens is 202 g/mol. The van der Waals surface area contributed by atoms with E-state index in [1.807, 2.05) is 26.8 Å². The summed E-state index contributed by atoms with van der Waals surface area (Å²) in [4.78, 5) is 0. The number of nitrogens with two attached hydrogens (primary N) is 1. The second kappa shape index (κ2) is 3.83. The number of benzene rings is 1. The molecule has 1 aromatic carbocycles. The first kappa shape index (κ1) is 11.0. The molecular formula is C13H17NO2. The number of fused-ring (bicyclic) bond motifs is 1. The average molecular weight is 219 g/mol. The zero-order valence-corrected chi connectivity index (χ0v) is 10.1. The molecule has 0 spiro atoms. The molecule has 1 aromatic heterocycles. The molecule has 1 heterocycles. The van der Waals surface area contributed by atoms with E-state index in [1.165, 1.54) is 0 Å². The van der Waals surface area contributed by atoms with E-state index in [9.17, 15) is 0 Å².